The Hall–Kier alpha value is -2.24. The van der Waals surface area contributed by atoms with Crippen LogP contribution in [-0.2, 0) is 6.42 Å². The summed E-state index contributed by atoms with van der Waals surface area (Å²) in [6.07, 6.45) is 1.00. The molecule has 27 heavy (non-hydrogen) atoms. The van der Waals surface area contributed by atoms with Gasteiger partial charge in [-0.05, 0) is 60.5 Å². The fourth-order valence-corrected chi connectivity index (χ4v) is 3.86. The molecule has 0 amide bonds. The quantitative estimate of drug-likeness (QED) is 0.812. The Labute approximate surface area is 161 Å². The lowest BCUT2D eigenvalue weighted by molar-refractivity contribution is 0.174. The molecule has 0 radical (unpaired) electrons. The third-order valence-corrected chi connectivity index (χ3v) is 5.45. The summed E-state index contributed by atoms with van der Waals surface area (Å²) in [5.74, 6) is 2.63. The summed E-state index contributed by atoms with van der Waals surface area (Å²) in [5, 5.41) is 3.64. The SMILES string of the molecule is CCN(CC)CCOc1cccc(C2NCCc3cc4c(cc32)OCO4)c1. The summed E-state index contributed by atoms with van der Waals surface area (Å²) in [4.78, 5) is 2.37. The molecule has 0 bridgehead atoms. The Morgan fingerprint density at radius 3 is 2.74 bits per heavy atom. The predicted molar refractivity (Wildman–Crippen MR) is 106 cm³/mol. The minimum atomic E-state index is 0.148. The second-order valence-corrected chi connectivity index (χ2v) is 6.99. The van der Waals surface area contributed by atoms with Crippen LogP contribution in [0.3, 0.4) is 0 Å². The van der Waals surface area contributed by atoms with Crippen molar-refractivity contribution in [3.05, 3.63) is 53.1 Å². The molecule has 1 N–H and O–H groups in total. The molecule has 0 saturated heterocycles. The van der Waals surface area contributed by atoms with Crippen LogP contribution in [0.15, 0.2) is 36.4 Å². The molecular weight excluding hydrogens is 340 g/mol. The number of hydrogen-bond acceptors (Lipinski definition) is 5. The highest BCUT2D eigenvalue weighted by Crippen LogP contribution is 2.40. The minimum absolute atomic E-state index is 0.148. The topological polar surface area (TPSA) is 43.0 Å². The number of ether oxygens (including phenoxy) is 3. The van der Waals surface area contributed by atoms with Crippen LogP contribution in [-0.4, -0.2) is 44.5 Å². The second-order valence-electron chi connectivity index (χ2n) is 6.99. The summed E-state index contributed by atoms with van der Waals surface area (Å²) in [6, 6.07) is 12.8. The summed E-state index contributed by atoms with van der Waals surface area (Å²) >= 11 is 0. The molecule has 2 aromatic rings. The van der Waals surface area contributed by atoms with Crippen LogP contribution in [0.4, 0.5) is 0 Å². The monoisotopic (exact) mass is 368 g/mol. The van der Waals surface area contributed by atoms with Gasteiger partial charge in [0.2, 0.25) is 6.79 Å². The number of benzene rings is 2. The Morgan fingerprint density at radius 2 is 1.93 bits per heavy atom. The van der Waals surface area contributed by atoms with Crippen molar-refractivity contribution in [1.29, 1.82) is 0 Å². The maximum absolute atomic E-state index is 6.02. The number of fused-ring (bicyclic) bond motifs is 2. The fourth-order valence-electron chi connectivity index (χ4n) is 3.86. The number of likely N-dealkylation sites (N-methyl/N-ethyl adjacent to an activating group) is 1. The van der Waals surface area contributed by atoms with E-state index in [9.17, 15) is 0 Å². The van der Waals surface area contributed by atoms with Gasteiger partial charge < -0.3 is 24.4 Å². The molecule has 0 spiro atoms. The smallest absolute Gasteiger partial charge is 0.231 e. The van der Waals surface area contributed by atoms with E-state index in [-0.39, 0.29) is 6.04 Å². The molecule has 2 aromatic carbocycles. The Morgan fingerprint density at radius 1 is 1.11 bits per heavy atom. The van der Waals surface area contributed by atoms with Crippen molar-refractivity contribution in [2.45, 2.75) is 26.3 Å². The molecule has 5 heteroatoms. The second kappa shape index (κ2) is 8.19. The van der Waals surface area contributed by atoms with E-state index in [1.165, 1.54) is 16.7 Å². The molecule has 144 valence electrons. The summed E-state index contributed by atoms with van der Waals surface area (Å²) in [7, 11) is 0. The van der Waals surface area contributed by atoms with Crippen LogP contribution in [0, 0.1) is 0 Å². The maximum atomic E-state index is 6.02. The normalized spacial score (nSPS) is 17.8. The van der Waals surface area contributed by atoms with E-state index in [4.69, 9.17) is 14.2 Å². The first-order valence-corrected chi connectivity index (χ1v) is 9.89. The first-order valence-electron chi connectivity index (χ1n) is 9.89. The lowest BCUT2D eigenvalue weighted by Crippen LogP contribution is -2.30. The summed E-state index contributed by atoms with van der Waals surface area (Å²) < 4.78 is 17.1. The molecule has 0 aliphatic carbocycles. The van der Waals surface area contributed by atoms with E-state index in [0.717, 1.165) is 49.8 Å². The first-order chi connectivity index (χ1) is 13.3. The Bertz CT molecular complexity index is 789. The Kier molecular flexibility index (Phi) is 5.50. The number of nitrogens with zero attached hydrogens (tertiary/aromatic N) is 1. The molecule has 1 unspecified atom stereocenters. The molecule has 5 nitrogen and oxygen atoms in total. The summed E-state index contributed by atoms with van der Waals surface area (Å²) in [6.45, 7) is 9.39. The maximum Gasteiger partial charge on any atom is 0.231 e. The Balaban J connectivity index is 1.51. The van der Waals surface area contributed by atoms with Crippen LogP contribution in [0.5, 0.6) is 17.2 Å². The molecule has 2 aliphatic rings. The summed E-state index contributed by atoms with van der Waals surface area (Å²) in [5.41, 5.74) is 3.82. The van der Waals surface area contributed by atoms with Gasteiger partial charge in [-0.1, -0.05) is 26.0 Å². The van der Waals surface area contributed by atoms with E-state index in [0.29, 0.717) is 13.4 Å². The molecule has 1 atom stereocenters. The minimum Gasteiger partial charge on any atom is -0.492 e. The first kappa shape index (κ1) is 18.1. The fraction of sp³-hybridized carbons (Fsp3) is 0.455. The van der Waals surface area contributed by atoms with Crippen LogP contribution in [0.25, 0.3) is 0 Å². The van der Waals surface area contributed by atoms with E-state index >= 15 is 0 Å². The van der Waals surface area contributed by atoms with Gasteiger partial charge in [-0.3, -0.25) is 0 Å². The molecule has 0 aromatic heterocycles. The van der Waals surface area contributed by atoms with Crippen molar-refractivity contribution in [1.82, 2.24) is 10.2 Å². The van der Waals surface area contributed by atoms with Crippen molar-refractivity contribution in [3.8, 4) is 17.2 Å². The van der Waals surface area contributed by atoms with Crippen molar-refractivity contribution < 1.29 is 14.2 Å². The van der Waals surface area contributed by atoms with Crippen molar-refractivity contribution in [2.24, 2.45) is 0 Å². The van der Waals surface area contributed by atoms with E-state index < -0.39 is 0 Å². The lowest BCUT2D eigenvalue weighted by atomic mass is 9.89. The van der Waals surface area contributed by atoms with E-state index in [1.54, 1.807) is 0 Å². The molecular formula is C22H28N2O3. The highest BCUT2D eigenvalue weighted by molar-refractivity contribution is 5.52. The molecule has 4 rings (SSSR count). The zero-order valence-electron chi connectivity index (χ0n) is 16.2. The highest BCUT2D eigenvalue weighted by Gasteiger charge is 2.26. The number of nitrogens with one attached hydrogen (secondary N) is 1. The average molecular weight is 368 g/mol. The average Bonchev–Trinajstić information content (AvgIpc) is 3.16. The molecule has 2 aliphatic heterocycles. The lowest BCUT2D eigenvalue weighted by Gasteiger charge is -2.28. The van der Waals surface area contributed by atoms with Gasteiger partial charge in [-0.25, -0.2) is 0 Å². The van der Waals surface area contributed by atoms with Gasteiger partial charge in [0, 0.05) is 13.1 Å². The van der Waals surface area contributed by atoms with Gasteiger partial charge in [0.1, 0.15) is 12.4 Å². The standard InChI is InChI=1S/C22H28N2O3/c1-3-24(4-2)10-11-25-18-7-5-6-17(12-18)22-19-14-21-20(26-15-27-21)13-16(19)8-9-23-22/h5-7,12-14,22-23H,3-4,8-11,15H2,1-2H3. The van der Waals surface area contributed by atoms with Gasteiger partial charge in [0.15, 0.2) is 11.5 Å². The molecule has 0 saturated carbocycles. The van der Waals surface area contributed by atoms with Crippen molar-refractivity contribution >= 4 is 0 Å². The van der Waals surface area contributed by atoms with Crippen LogP contribution < -0.4 is 19.5 Å². The van der Waals surface area contributed by atoms with Gasteiger partial charge in [0.25, 0.3) is 0 Å². The van der Waals surface area contributed by atoms with E-state index in [1.807, 2.05) is 6.07 Å². The third-order valence-electron chi connectivity index (χ3n) is 5.45. The van der Waals surface area contributed by atoms with E-state index in [2.05, 4.69) is 54.4 Å². The van der Waals surface area contributed by atoms with Crippen LogP contribution in [0.1, 0.15) is 36.6 Å². The van der Waals surface area contributed by atoms with Crippen LogP contribution in [0.2, 0.25) is 0 Å². The van der Waals surface area contributed by atoms with Gasteiger partial charge in [0.05, 0.1) is 6.04 Å². The van der Waals surface area contributed by atoms with Crippen LogP contribution >= 0.6 is 0 Å². The van der Waals surface area contributed by atoms with Gasteiger partial charge >= 0.3 is 0 Å². The molecule has 2 heterocycles. The zero-order chi connectivity index (χ0) is 18.6. The largest absolute Gasteiger partial charge is 0.492 e. The van der Waals surface area contributed by atoms with Crippen molar-refractivity contribution in [2.75, 3.05) is 39.6 Å². The number of rotatable bonds is 7. The van der Waals surface area contributed by atoms with Crippen molar-refractivity contribution in [3.63, 3.8) is 0 Å². The number of hydrogen-bond donors (Lipinski definition) is 1. The molecule has 0 fully saturated rings. The predicted octanol–water partition coefficient (Wildman–Crippen LogP) is 3.37. The van der Waals surface area contributed by atoms with Gasteiger partial charge in [-0.2, -0.15) is 0 Å². The highest BCUT2D eigenvalue weighted by atomic mass is 16.7. The third kappa shape index (κ3) is 3.89. The van der Waals surface area contributed by atoms with Gasteiger partial charge in [-0.15, -0.1) is 0 Å². The zero-order valence-corrected chi connectivity index (χ0v) is 16.2.